The molecule has 0 aliphatic carbocycles. The number of benzene rings is 2. The minimum Gasteiger partial charge on any atom is -0.494 e. The van der Waals surface area contributed by atoms with Gasteiger partial charge in [0.2, 0.25) is 15.9 Å². The Balaban J connectivity index is 2.36. The summed E-state index contributed by atoms with van der Waals surface area (Å²) in [6.45, 7) is 6.20. The van der Waals surface area contributed by atoms with E-state index in [-0.39, 0.29) is 5.91 Å². The second-order valence-electron chi connectivity index (χ2n) is 6.41. The minimum atomic E-state index is -3.68. The number of sulfonamides is 1. The van der Waals surface area contributed by atoms with Gasteiger partial charge in [0, 0.05) is 5.69 Å². The van der Waals surface area contributed by atoms with E-state index in [1.165, 1.54) is 4.31 Å². The lowest BCUT2D eigenvalue weighted by molar-refractivity contribution is -0.117. The van der Waals surface area contributed by atoms with E-state index >= 15 is 0 Å². The van der Waals surface area contributed by atoms with Crippen LogP contribution in [-0.2, 0) is 21.2 Å². The number of nitrogens with zero attached hydrogens (tertiary/aromatic N) is 1. The fourth-order valence-electron chi connectivity index (χ4n) is 3.08. The van der Waals surface area contributed by atoms with Crippen molar-refractivity contribution in [3.05, 3.63) is 54.1 Å². The van der Waals surface area contributed by atoms with Crippen molar-refractivity contribution >= 4 is 27.3 Å². The number of aryl methyl sites for hydroxylation is 1. The van der Waals surface area contributed by atoms with Gasteiger partial charge in [-0.25, -0.2) is 8.42 Å². The van der Waals surface area contributed by atoms with Gasteiger partial charge < -0.3 is 10.1 Å². The van der Waals surface area contributed by atoms with Crippen LogP contribution in [-0.4, -0.2) is 33.2 Å². The predicted molar refractivity (Wildman–Crippen MR) is 113 cm³/mol. The van der Waals surface area contributed by atoms with Gasteiger partial charge in [0.05, 0.1) is 18.6 Å². The number of ether oxygens (including phenoxy) is 1. The summed E-state index contributed by atoms with van der Waals surface area (Å²) in [5, 5.41) is 2.90. The van der Waals surface area contributed by atoms with E-state index in [1.54, 1.807) is 31.2 Å². The number of amides is 1. The fraction of sp³-hybridized carbons (Fsp3) is 0.381. The molecule has 0 bridgehead atoms. The highest BCUT2D eigenvalue weighted by Gasteiger charge is 2.31. The SMILES string of the molecule is CCOc1ccc(N([C@H](CC)C(=O)Nc2ccccc2CC)S(C)(=O)=O)cc1. The van der Waals surface area contributed by atoms with Crippen molar-refractivity contribution in [2.24, 2.45) is 0 Å². The summed E-state index contributed by atoms with van der Waals surface area (Å²) in [6, 6.07) is 13.4. The lowest BCUT2D eigenvalue weighted by Crippen LogP contribution is -2.47. The molecule has 152 valence electrons. The molecular formula is C21H28N2O4S. The fourth-order valence-corrected chi connectivity index (χ4v) is 4.29. The molecule has 0 aliphatic heterocycles. The van der Waals surface area contributed by atoms with Crippen LogP contribution in [0.15, 0.2) is 48.5 Å². The molecule has 1 amide bonds. The van der Waals surface area contributed by atoms with Crippen molar-refractivity contribution in [3.63, 3.8) is 0 Å². The van der Waals surface area contributed by atoms with Crippen LogP contribution in [0.25, 0.3) is 0 Å². The number of anilines is 2. The van der Waals surface area contributed by atoms with E-state index in [0.717, 1.165) is 18.2 Å². The van der Waals surface area contributed by atoms with Crippen LogP contribution in [0.4, 0.5) is 11.4 Å². The van der Waals surface area contributed by atoms with Gasteiger partial charge >= 0.3 is 0 Å². The number of hydrogen-bond donors (Lipinski definition) is 1. The third-order valence-corrected chi connectivity index (χ3v) is 5.57. The molecule has 2 rings (SSSR count). The summed E-state index contributed by atoms with van der Waals surface area (Å²) in [5.74, 6) is 0.289. The van der Waals surface area contributed by atoms with Crippen LogP contribution in [0, 0.1) is 0 Å². The molecule has 0 heterocycles. The van der Waals surface area contributed by atoms with Gasteiger partial charge in [0.1, 0.15) is 11.8 Å². The molecule has 0 spiro atoms. The van der Waals surface area contributed by atoms with Crippen molar-refractivity contribution in [3.8, 4) is 5.75 Å². The molecule has 2 aromatic carbocycles. The first-order valence-electron chi connectivity index (χ1n) is 9.42. The number of para-hydroxylation sites is 1. The first-order chi connectivity index (χ1) is 13.3. The smallest absolute Gasteiger partial charge is 0.248 e. The lowest BCUT2D eigenvalue weighted by Gasteiger charge is -2.30. The topological polar surface area (TPSA) is 75.7 Å². The van der Waals surface area contributed by atoms with Crippen LogP contribution >= 0.6 is 0 Å². The van der Waals surface area contributed by atoms with Gasteiger partial charge in [0.15, 0.2) is 0 Å². The van der Waals surface area contributed by atoms with Crippen molar-refractivity contribution < 1.29 is 17.9 Å². The third-order valence-electron chi connectivity index (χ3n) is 4.39. The zero-order valence-electron chi connectivity index (χ0n) is 16.8. The van der Waals surface area contributed by atoms with E-state index in [1.807, 2.05) is 38.1 Å². The average Bonchev–Trinajstić information content (AvgIpc) is 2.66. The summed E-state index contributed by atoms with van der Waals surface area (Å²) < 4.78 is 31.7. The molecule has 7 heteroatoms. The van der Waals surface area contributed by atoms with Crippen LogP contribution < -0.4 is 14.4 Å². The highest BCUT2D eigenvalue weighted by Crippen LogP contribution is 2.26. The van der Waals surface area contributed by atoms with E-state index in [0.29, 0.717) is 30.2 Å². The summed E-state index contributed by atoms with van der Waals surface area (Å²) in [5.41, 5.74) is 2.13. The van der Waals surface area contributed by atoms with Crippen molar-refractivity contribution in [1.82, 2.24) is 0 Å². The Labute approximate surface area is 167 Å². The van der Waals surface area contributed by atoms with Crippen LogP contribution in [0.5, 0.6) is 5.75 Å². The van der Waals surface area contributed by atoms with Crippen molar-refractivity contribution in [2.75, 3.05) is 22.5 Å². The maximum absolute atomic E-state index is 13.0. The highest BCUT2D eigenvalue weighted by atomic mass is 32.2. The number of rotatable bonds is 9. The lowest BCUT2D eigenvalue weighted by atomic mass is 10.1. The zero-order valence-corrected chi connectivity index (χ0v) is 17.6. The average molecular weight is 405 g/mol. The zero-order chi connectivity index (χ0) is 20.7. The quantitative estimate of drug-likeness (QED) is 0.689. The van der Waals surface area contributed by atoms with Gasteiger partial charge in [-0.15, -0.1) is 0 Å². The normalized spacial score (nSPS) is 12.3. The van der Waals surface area contributed by atoms with Gasteiger partial charge in [-0.2, -0.15) is 0 Å². The van der Waals surface area contributed by atoms with E-state index in [2.05, 4.69) is 5.32 Å². The number of hydrogen-bond acceptors (Lipinski definition) is 4. The molecule has 2 aromatic rings. The van der Waals surface area contributed by atoms with Crippen molar-refractivity contribution in [1.29, 1.82) is 0 Å². The van der Waals surface area contributed by atoms with E-state index in [4.69, 9.17) is 4.74 Å². The second kappa shape index (κ2) is 9.59. The Kier molecular flexibility index (Phi) is 7.45. The minimum absolute atomic E-state index is 0.334. The highest BCUT2D eigenvalue weighted by molar-refractivity contribution is 7.92. The number of nitrogens with one attached hydrogen (secondary N) is 1. The summed E-state index contributed by atoms with van der Waals surface area (Å²) in [6.07, 6.45) is 2.21. The van der Waals surface area contributed by atoms with Gasteiger partial charge in [-0.3, -0.25) is 9.10 Å². The Morgan fingerprint density at radius 1 is 1.07 bits per heavy atom. The summed E-state index contributed by atoms with van der Waals surface area (Å²) in [4.78, 5) is 13.0. The molecule has 6 nitrogen and oxygen atoms in total. The van der Waals surface area contributed by atoms with E-state index in [9.17, 15) is 13.2 Å². The molecule has 1 atom stereocenters. The van der Waals surface area contributed by atoms with Gasteiger partial charge in [0.25, 0.3) is 0 Å². The Bertz CT molecular complexity index is 895. The Hall–Kier alpha value is -2.54. The monoisotopic (exact) mass is 404 g/mol. The van der Waals surface area contributed by atoms with Crippen LogP contribution in [0.3, 0.4) is 0 Å². The first kappa shape index (κ1) is 21.8. The van der Waals surface area contributed by atoms with E-state index < -0.39 is 16.1 Å². The third kappa shape index (κ3) is 5.25. The first-order valence-corrected chi connectivity index (χ1v) is 11.3. The predicted octanol–water partition coefficient (Wildman–Crippen LogP) is 3.83. The molecule has 0 aliphatic rings. The molecule has 0 radical (unpaired) electrons. The Morgan fingerprint density at radius 3 is 2.25 bits per heavy atom. The van der Waals surface area contributed by atoms with Gasteiger partial charge in [-0.1, -0.05) is 32.0 Å². The summed E-state index contributed by atoms with van der Waals surface area (Å²) in [7, 11) is -3.68. The largest absolute Gasteiger partial charge is 0.494 e. The standard InChI is InChI=1S/C21H28N2O4S/c1-5-16-10-8-9-11-19(16)22-21(24)20(6-2)23(28(4,25)26)17-12-14-18(15-13-17)27-7-3/h8-15,20H,5-7H2,1-4H3,(H,22,24)/t20-/m1/s1. The molecule has 0 fully saturated rings. The molecule has 0 unspecified atom stereocenters. The molecule has 0 saturated carbocycles. The van der Waals surface area contributed by atoms with Crippen LogP contribution in [0.2, 0.25) is 0 Å². The Morgan fingerprint density at radius 2 is 1.71 bits per heavy atom. The van der Waals surface area contributed by atoms with Crippen LogP contribution in [0.1, 0.15) is 32.8 Å². The maximum Gasteiger partial charge on any atom is 0.248 e. The summed E-state index contributed by atoms with van der Waals surface area (Å²) >= 11 is 0. The molecule has 0 aromatic heterocycles. The maximum atomic E-state index is 13.0. The molecule has 28 heavy (non-hydrogen) atoms. The van der Waals surface area contributed by atoms with Gasteiger partial charge in [-0.05, 0) is 55.7 Å². The van der Waals surface area contributed by atoms with Crippen molar-refractivity contribution in [2.45, 2.75) is 39.7 Å². The number of carbonyl (C=O) groups excluding carboxylic acids is 1. The number of carbonyl (C=O) groups is 1. The molecular weight excluding hydrogens is 376 g/mol. The molecule has 1 N–H and O–H groups in total. The molecule has 0 saturated heterocycles. The second-order valence-corrected chi connectivity index (χ2v) is 8.27.